The molecule has 1 aliphatic heterocycles. The zero-order valence-corrected chi connectivity index (χ0v) is 16.2. The highest BCUT2D eigenvalue weighted by Crippen LogP contribution is 2.18. The molecule has 3 nitrogen and oxygen atoms in total. The topological polar surface area (TPSA) is 21.7 Å². The molecule has 0 saturated heterocycles. The van der Waals surface area contributed by atoms with E-state index in [0.29, 0.717) is 0 Å². The third-order valence-electron chi connectivity index (χ3n) is 4.50. The van der Waals surface area contributed by atoms with E-state index < -0.39 is 0 Å². The molecule has 0 atom stereocenters. The Balaban J connectivity index is 0.00000243. The molecule has 0 fully saturated rings. The average Bonchev–Trinajstić information content (AvgIpc) is 2.68. The van der Waals surface area contributed by atoms with Crippen molar-refractivity contribution < 1.29 is 9.47 Å². The Bertz CT molecular complexity index is 736. The lowest BCUT2D eigenvalue weighted by Crippen LogP contribution is -2.27. The van der Waals surface area contributed by atoms with Gasteiger partial charge in [0, 0.05) is 19.6 Å². The molecular formula is C22H26ClNO2. The first-order chi connectivity index (χ1) is 12.3. The van der Waals surface area contributed by atoms with Gasteiger partial charge in [0.25, 0.3) is 0 Å². The van der Waals surface area contributed by atoms with Crippen LogP contribution in [0.3, 0.4) is 0 Å². The normalized spacial score (nSPS) is 14.6. The second-order valence-electron chi connectivity index (χ2n) is 6.22. The monoisotopic (exact) mass is 371 g/mol. The molecule has 0 saturated carbocycles. The van der Waals surface area contributed by atoms with Gasteiger partial charge in [0.1, 0.15) is 11.5 Å². The number of methoxy groups -OCH3 is 2. The van der Waals surface area contributed by atoms with Crippen LogP contribution in [0.15, 0.2) is 66.3 Å². The third kappa shape index (κ3) is 5.65. The largest absolute Gasteiger partial charge is 0.497 e. The second kappa shape index (κ2) is 10.0. The van der Waals surface area contributed by atoms with Crippen LogP contribution in [-0.4, -0.2) is 32.2 Å². The van der Waals surface area contributed by atoms with Crippen molar-refractivity contribution in [3.05, 3.63) is 77.4 Å². The molecule has 26 heavy (non-hydrogen) atoms. The number of rotatable bonds is 6. The van der Waals surface area contributed by atoms with Gasteiger partial charge in [-0.25, -0.2) is 0 Å². The number of hydrogen-bond acceptors (Lipinski definition) is 3. The summed E-state index contributed by atoms with van der Waals surface area (Å²) in [5.74, 6) is 1.80. The molecule has 1 heterocycles. The van der Waals surface area contributed by atoms with E-state index in [-0.39, 0.29) is 12.4 Å². The Kier molecular flexibility index (Phi) is 7.76. The molecule has 3 rings (SSSR count). The molecule has 4 heteroatoms. The van der Waals surface area contributed by atoms with E-state index >= 15 is 0 Å². The van der Waals surface area contributed by atoms with Crippen molar-refractivity contribution in [2.45, 2.75) is 13.0 Å². The summed E-state index contributed by atoms with van der Waals surface area (Å²) in [5, 5.41) is 0. The zero-order valence-electron chi connectivity index (χ0n) is 15.4. The number of allylic oxidation sites excluding steroid dienone is 1. The summed E-state index contributed by atoms with van der Waals surface area (Å²) in [6, 6.07) is 16.5. The molecule has 2 aromatic rings. The predicted octanol–water partition coefficient (Wildman–Crippen LogP) is 4.97. The zero-order chi connectivity index (χ0) is 17.5. The highest BCUT2D eigenvalue weighted by molar-refractivity contribution is 5.85. The molecule has 0 bridgehead atoms. The van der Waals surface area contributed by atoms with Gasteiger partial charge in [0.15, 0.2) is 0 Å². The van der Waals surface area contributed by atoms with Crippen LogP contribution in [0.2, 0.25) is 0 Å². The van der Waals surface area contributed by atoms with Crippen LogP contribution in [0, 0.1) is 0 Å². The minimum absolute atomic E-state index is 0. The van der Waals surface area contributed by atoms with Crippen molar-refractivity contribution in [3.8, 4) is 11.5 Å². The molecule has 2 aromatic carbocycles. The van der Waals surface area contributed by atoms with Crippen molar-refractivity contribution in [1.29, 1.82) is 0 Å². The van der Waals surface area contributed by atoms with Crippen molar-refractivity contribution in [1.82, 2.24) is 4.90 Å². The van der Waals surface area contributed by atoms with Crippen LogP contribution >= 0.6 is 12.4 Å². The predicted molar refractivity (Wildman–Crippen MR) is 110 cm³/mol. The smallest absolute Gasteiger partial charge is 0.118 e. The Morgan fingerprint density at radius 1 is 0.885 bits per heavy atom. The fourth-order valence-corrected chi connectivity index (χ4v) is 2.93. The first kappa shape index (κ1) is 20.1. The lowest BCUT2D eigenvalue weighted by Gasteiger charge is -2.25. The quantitative estimate of drug-likeness (QED) is 0.715. The van der Waals surface area contributed by atoms with Gasteiger partial charge in [0.2, 0.25) is 0 Å². The highest BCUT2D eigenvalue weighted by Gasteiger charge is 2.10. The lowest BCUT2D eigenvalue weighted by atomic mass is 10.1. The van der Waals surface area contributed by atoms with E-state index in [1.165, 1.54) is 16.7 Å². The third-order valence-corrected chi connectivity index (χ3v) is 4.50. The second-order valence-corrected chi connectivity index (χ2v) is 6.22. The Morgan fingerprint density at radius 2 is 1.50 bits per heavy atom. The van der Waals surface area contributed by atoms with E-state index in [1.54, 1.807) is 14.2 Å². The first-order valence-electron chi connectivity index (χ1n) is 8.63. The van der Waals surface area contributed by atoms with Gasteiger partial charge in [-0.05, 0) is 47.4 Å². The number of halogens is 1. The van der Waals surface area contributed by atoms with Gasteiger partial charge in [0.05, 0.1) is 14.2 Å². The summed E-state index contributed by atoms with van der Waals surface area (Å²) in [6.07, 6.45) is 7.81. The molecular weight excluding hydrogens is 346 g/mol. The highest BCUT2D eigenvalue weighted by atomic mass is 35.5. The number of nitrogens with zero attached hydrogens (tertiary/aromatic N) is 1. The first-order valence-corrected chi connectivity index (χ1v) is 8.63. The summed E-state index contributed by atoms with van der Waals surface area (Å²) in [4.78, 5) is 2.46. The number of benzene rings is 2. The van der Waals surface area contributed by atoms with E-state index in [4.69, 9.17) is 9.47 Å². The molecule has 0 aliphatic carbocycles. The molecule has 0 unspecified atom stereocenters. The standard InChI is InChI=1S/C22H25NO2.ClH/c1-24-21-9-5-18(6-10-21)3-4-19-13-15-23(16-14-19)17-20-7-11-22(25-2)12-8-20;/h3-13H,14-17H2,1-2H3;1H. The van der Waals surface area contributed by atoms with Crippen molar-refractivity contribution in [2.75, 3.05) is 27.3 Å². The Hall–Kier alpha value is -2.23. The van der Waals surface area contributed by atoms with E-state index in [0.717, 1.165) is 37.6 Å². The molecule has 138 valence electrons. The van der Waals surface area contributed by atoms with Crippen molar-refractivity contribution >= 4 is 18.5 Å². The van der Waals surface area contributed by atoms with Gasteiger partial charge < -0.3 is 9.47 Å². The molecule has 1 aliphatic rings. The molecule has 0 spiro atoms. The maximum Gasteiger partial charge on any atom is 0.118 e. The van der Waals surface area contributed by atoms with Crippen LogP contribution in [0.1, 0.15) is 17.5 Å². The van der Waals surface area contributed by atoms with Gasteiger partial charge in [-0.2, -0.15) is 0 Å². The Morgan fingerprint density at radius 3 is 2.04 bits per heavy atom. The van der Waals surface area contributed by atoms with Crippen molar-refractivity contribution in [3.63, 3.8) is 0 Å². The summed E-state index contributed by atoms with van der Waals surface area (Å²) >= 11 is 0. The Labute approximate surface area is 162 Å². The summed E-state index contributed by atoms with van der Waals surface area (Å²) in [5.41, 5.74) is 3.93. The maximum absolute atomic E-state index is 5.21. The van der Waals surface area contributed by atoms with Crippen molar-refractivity contribution in [2.24, 2.45) is 0 Å². The van der Waals surface area contributed by atoms with Crippen LogP contribution in [0.4, 0.5) is 0 Å². The number of hydrogen-bond donors (Lipinski definition) is 0. The fourth-order valence-electron chi connectivity index (χ4n) is 2.93. The molecule has 0 amide bonds. The molecule has 0 aromatic heterocycles. The van der Waals surface area contributed by atoms with E-state index in [1.807, 2.05) is 24.3 Å². The van der Waals surface area contributed by atoms with Crippen LogP contribution in [-0.2, 0) is 6.54 Å². The summed E-state index contributed by atoms with van der Waals surface area (Å²) < 4.78 is 10.4. The average molecular weight is 372 g/mol. The van der Waals surface area contributed by atoms with Crippen LogP contribution in [0.5, 0.6) is 11.5 Å². The van der Waals surface area contributed by atoms with Gasteiger partial charge in [-0.15, -0.1) is 12.4 Å². The number of ether oxygens (including phenoxy) is 2. The summed E-state index contributed by atoms with van der Waals surface area (Å²) in [7, 11) is 3.39. The van der Waals surface area contributed by atoms with Crippen LogP contribution in [0.25, 0.3) is 6.08 Å². The van der Waals surface area contributed by atoms with Gasteiger partial charge in [-0.1, -0.05) is 42.5 Å². The van der Waals surface area contributed by atoms with E-state index in [9.17, 15) is 0 Å². The van der Waals surface area contributed by atoms with Gasteiger partial charge >= 0.3 is 0 Å². The SMILES string of the molecule is COc1ccc(C=CC2=CCN(Cc3ccc(OC)cc3)CC2)cc1.Cl. The van der Waals surface area contributed by atoms with Crippen LogP contribution < -0.4 is 9.47 Å². The maximum atomic E-state index is 5.21. The van der Waals surface area contributed by atoms with Gasteiger partial charge in [-0.3, -0.25) is 4.90 Å². The minimum atomic E-state index is 0. The molecule has 0 radical (unpaired) electrons. The van der Waals surface area contributed by atoms with E-state index in [2.05, 4.69) is 47.4 Å². The minimum Gasteiger partial charge on any atom is -0.497 e. The fraction of sp³-hybridized carbons (Fsp3) is 0.273. The molecule has 0 N–H and O–H groups in total. The summed E-state index contributed by atoms with van der Waals surface area (Å²) in [6.45, 7) is 3.06. The lowest BCUT2D eigenvalue weighted by molar-refractivity contribution is 0.287.